The number of carboxylic acids is 1. The zero-order chi connectivity index (χ0) is 15.0. The van der Waals surface area contributed by atoms with Crippen LogP contribution in [0.3, 0.4) is 0 Å². The van der Waals surface area contributed by atoms with Crippen molar-refractivity contribution in [3.8, 4) is 0 Å². The average Bonchev–Trinajstić information content (AvgIpc) is 2.41. The van der Waals surface area contributed by atoms with Gasteiger partial charge in [0.1, 0.15) is 0 Å². The van der Waals surface area contributed by atoms with Crippen molar-refractivity contribution in [2.45, 2.75) is 19.3 Å². The molecule has 1 aromatic carbocycles. The summed E-state index contributed by atoms with van der Waals surface area (Å²) in [5, 5.41) is 18.1. The Morgan fingerprint density at radius 3 is 2.35 bits per heavy atom. The third kappa shape index (κ3) is 6.04. The number of hydrogen-bond acceptors (Lipinski definition) is 3. The van der Waals surface area contributed by atoms with E-state index in [0.29, 0.717) is 18.0 Å². The molecule has 0 radical (unpaired) electrons. The van der Waals surface area contributed by atoms with Gasteiger partial charge < -0.3 is 15.1 Å². The smallest absolute Gasteiger partial charge is 0.305 e. The van der Waals surface area contributed by atoms with Crippen molar-refractivity contribution in [1.82, 2.24) is 4.90 Å². The molecule has 0 unspecified atom stereocenters. The summed E-state index contributed by atoms with van der Waals surface area (Å²) >= 11 is 5.78. The Morgan fingerprint density at radius 1 is 1.15 bits per heavy atom. The van der Waals surface area contributed by atoms with E-state index in [4.69, 9.17) is 21.8 Å². The van der Waals surface area contributed by atoms with Crippen molar-refractivity contribution in [3.05, 3.63) is 34.9 Å². The van der Waals surface area contributed by atoms with E-state index in [1.165, 1.54) is 4.90 Å². The van der Waals surface area contributed by atoms with Gasteiger partial charge in [-0.25, -0.2) is 0 Å². The normalized spacial score (nSPS) is 10.3. The van der Waals surface area contributed by atoms with Gasteiger partial charge in [0.05, 0.1) is 12.8 Å². The van der Waals surface area contributed by atoms with Crippen LogP contribution in [0.4, 0.5) is 0 Å². The summed E-state index contributed by atoms with van der Waals surface area (Å²) < 4.78 is 0. The minimum absolute atomic E-state index is 0.0300. The molecule has 0 spiro atoms. The topological polar surface area (TPSA) is 77.8 Å². The van der Waals surface area contributed by atoms with Crippen molar-refractivity contribution >= 4 is 23.5 Å². The molecule has 0 aliphatic heterocycles. The molecule has 110 valence electrons. The number of halogens is 1. The lowest BCUT2D eigenvalue weighted by atomic mass is 10.1. The Bertz CT molecular complexity index is 447. The van der Waals surface area contributed by atoms with Gasteiger partial charge in [-0.1, -0.05) is 23.7 Å². The molecule has 1 amide bonds. The zero-order valence-corrected chi connectivity index (χ0v) is 11.8. The Morgan fingerprint density at radius 2 is 1.80 bits per heavy atom. The van der Waals surface area contributed by atoms with Crippen molar-refractivity contribution in [2.75, 3.05) is 19.7 Å². The van der Waals surface area contributed by atoms with Gasteiger partial charge in [-0.2, -0.15) is 0 Å². The molecule has 0 saturated carbocycles. The Hall–Kier alpha value is -1.59. The highest BCUT2D eigenvalue weighted by Gasteiger charge is 2.14. The van der Waals surface area contributed by atoms with Gasteiger partial charge in [0.15, 0.2) is 0 Å². The first kappa shape index (κ1) is 16.5. The van der Waals surface area contributed by atoms with Gasteiger partial charge in [0.25, 0.3) is 0 Å². The molecule has 20 heavy (non-hydrogen) atoms. The molecule has 0 atom stereocenters. The van der Waals surface area contributed by atoms with Gasteiger partial charge in [0, 0.05) is 24.7 Å². The quantitative estimate of drug-likeness (QED) is 0.764. The lowest BCUT2D eigenvalue weighted by Gasteiger charge is -2.21. The van der Waals surface area contributed by atoms with E-state index in [1.807, 2.05) is 0 Å². The first-order chi connectivity index (χ1) is 9.52. The van der Waals surface area contributed by atoms with Gasteiger partial charge >= 0.3 is 5.97 Å². The van der Waals surface area contributed by atoms with E-state index >= 15 is 0 Å². The average molecular weight is 300 g/mol. The van der Waals surface area contributed by atoms with Crippen LogP contribution in [0.15, 0.2) is 24.3 Å². The molecule has 0 heterocycles. The number of benzene rings is 1. The summed E-state index contributed by atoms with van der Waals surface area (Å²) in [4.78, 5) is 24.2. The second kappa shape index (κ2) is 8.55. The van der Waals surface area contributed by atoms with E-state index < -0.39 is 5.97 Å². The van der Waals surface area contributed by atoms with E-state index in [1.54, 1.807) is 24.3 Å². The SMILES string of the molecule is O=C(O)CCN(CCCO)C(=O)Cc1ccc(Cl)cc1. The maximum absolute atomic E-state index is 12.1. The van der Waals surface area contributed by atoms with E-state index in [9.17, 15) is 9.59 Å². The van der Waals surface area contributed by atoms with Crippen molar-refractivity contribution in [1.29, 1.82) is 0 Å². The van der Waals surface area contributed by atoms with Crippen molar-refractivity contribution < 1.29 is 19.8 Å². The van der Waals surface area contributed by atoms with Crippen LogP contribution in [0.5, 0.6) is 0 Å². The van der Waals surface area contributed by atoms with E-state index in [2.05, 4.69) is 0 Å². The number of aliphatic hydroxyl groups is 1. The number of amides is 1. The number of carboxylic acid groups (broad SMARTS) is 1. The predicted octanol–water partition coefficient (Wildman–Crippen LogP) is 1.57. The van der Waals surface area contributed by atoms with Gasteiger partial charge in [-0.05, 0) is 24.1 Å². The monoisotopic (exact) mass is 299 g/mol. The van der Waals surface area contributed by atoms with Crippen molar-refractivity contribution in [2.24, 2.45) is 0 Å². The van der Waals surface area contributed by atoms with Crippen LogP contribution in [0.25, 0.3) is 0 Å². The Balaban J connectivity index is 2.61. The molecule has 6 heteroatoms. The standard InChI is InChI=1S/C14H18ClNO4/c15-12-4-2-11(3-5-12)10-13(18)16(7-1-9-17)8-6-14(19)20/h2-5,17H,1,6-10H2,(H,19,20). The second-order valence-corrected chi connectivity index (χ2v) is 4.84. The number of carbonyl (C=O) groups is 2. The maximum atomic E-state index is 12.1. The summed E-state index contributed by atoms with van der Waals surface area (Å²) in [7, 11) is 0. The predicted molar refractivity (Wildman–Crippen MR) is 75.7 cm³/mol. The second-order valence-electron chi connectivity index (χ2n) is 4.40. The van der Waals surface area contributed by atoms with Crippen LogP contribution in [0, 0.1) is 0 Å². The Kier molecular flexibility index (Phi) is 7.04. The molecule has 5 nitrogen and oxygen atoms in total. The molecule has 0 saturated heterocycles. The molecule has 0 aliphatic rings. The number of hydrogen-bond donors (Lipinski definition) is 2. The number of aliphatic carboxylic acids is 1. The number of carbonyl (C=O) groups excluding carboxylic acids is 1. The van der Waals surface area contributed by atoms with E-state index in [0.717, 1.165) is 5.56 Å². The van der Waals surface area contributed by atoms with Gasteiger partial charge in [-0.15, -0.1) is 0 Å². The lowest BCUT2D eigenvalue weighted by molar-refractivity contribution is -0.138. The first-order valence-corrected chi connectivity index (χ1v) is 6.75. The number of nitrogens with zero attached hydrogens (tertiary/aromatic N) is 1. The first-order valence-electron chi connectivity index (χ1n) is 6.38. The Labute approximate surface area is 122 Å². The fourth-order valence-electron chi connectivity index (χ4n) is 1.74. The number of aliphatic hydroxyl groups excluding tert-OH is 1. The summed E-state index contributed by atoms with van der Waals surface area (Å²) in [6, 6.07) is 6.95. The minimum atomic E-state index is -0.946. The molecule has 0 fully saturated rings. The van der Waals surface area contributed by atoms with Crippen LogP contribution in [-0.4, -0.2) is 46.7 Å². The fraction of sp³-hybridized carbons (Fsp3) is 0.429. The molecule has 1 rings (SSSR count). The maximum Gasteiger partial charge on any atom is 0.305 e. The molecular weight excluding hydrogens is 282 g/mol. The van der Waals surface area contributed by atoms with Crippen LogP contribution in [0.1, 0.15) is 18.4 Å². The van der Waals surface area contributed by atoms with Crippen LogP contribution < -0.4 is 0 Å². The van der Waals surface area contributed by atoms with Crippen LogP contribution >= 0.6 is 11.6 Å². The lowest BCUT2D eigenvalue weighted by Crippen LogP contribution is -2.35. The van der Waals surface area contributed by atoms with E-state index in [-0.39, 0.29) is 31.9 Å². The highest BCUT2D eigenvalue weighted by Crippen LogP contribution is 2.11. The molecule has 0 aliphatic carbocycles. The molecule has 0 bridgehead atoms. The summed E-state index contributed by atoms with van der Waals surface area (Å²) in [6.45, 7) is 0.482. The molecule has 1 aromatic rings. The highest BCUT2D eigenvalue weighted by molar-refractivity contribution is 6.30. The zero-order valence-electron chi connectivity index (χ0n) is 11.1. The summed E-state index contributed by atoms with van der Waals surface area (Å²) in [5.41, 5.74) is 0.823. The van der Waals surface area contributed by atoms with Crippen molar-refractivity contribution in [3.63, 3.8) is 0 Å². The largest absolute Gasteiger partial charge is 0.481 e. The highest BCUT2D eigenvalue weighted by atomic mass is 35.5. The molecule has 0 aromatic heterocycles. The van der Waals surface area contributed by atoms with Crippen LogP contribution in [0.2, 0.25) is 5.02 Å². The third-order valence-electron chi connectivity index (χ3n) is 2.80. The molecule has 2 N–H and O–H groups in total. The van der Waals surface area contributed by atoms with Gasteiger partial charge in [-0.3, -0.25) is 9.59 Å². The molecular formula is C14H18ClNO4. The van der Waals surface area contributed by atoms with Gasteiger partial charge in [0.2, 0.25) is 5.91 Å². The number of rotatable bonds is 8. The van der Waals surface area contributed by atoms with Crippen LogP contribution in [-0.2, 0) is 16.0 Å². The third-order valence-corrected chi connectivity index (χ3v) is 3.06. The fourth-order valence-corrected chi connectivity index (χ4v) is 1.87. The summed E-state index contributed by atoms with van der Waals surface area (Å²) in [6.07, 6.45) is 0.534. The minimum Gasteiger partial charge on any atom is -0.481 e. The summed E-state index contributed by atoms with van der Waals surface area (Å²) in [5.74, 6) is -1.10.